The van der Waals surface area contributed by atoms with Crippen LogP contribution in [-0.2, 0) is 12.8 Å². The van der Waals surface area contributed by atoms with Gasteiger partial charge in [-0.05, 0) is 6.07 Å². The topological polar surface area (TPSA) is 56.9 Å². The summed E-state index contributed by atoms with van der Waals surface area (Å²) >= 11 is 0. The number of alkyl halides is 3. The van der Waals surface area contributed by atoms with Gasteiger partial charge in [-0.1, -0.05) is 0 Å². The molecule has 0 amide bonds. The lowest BCUT2D eigenvalue weighted by atomic mass is 10.1. The molecule has 0 saturated carbocycles. The summed E-state index contributed by atoms with van der Waals surface area (Å²) in [4.78, 5) is 3.47. The Kier molecular flexibility index (Phi) is 2.72. The maximum Gasteiger partial charge on any atom is 0.417 e. The lowest BCUT2D eigenvalue weighted by Gasteiger charge is -2.08. The number of aliphatic hydroxyl groups is 1. The highest BCUT2D eigenvalue weighted by molar-refractivity contribution is 5.38. The molecule has 1 heterocycles. The lowest BCUT2D eigenvalue weighted by molar-refractivity contribution is -0.137. The van der Waals surface area contributed by atoms with Crippen molar-refractivity contribution in [3.63, 3.8) is 0 Å². The second kappa shape index (κ2) is 3.64. The molecule has 0 aliphatic carbocycles. The maximum absolute atomic E-state index is 12.3. The molecule has 1 aromatic rings. The second-order valence-electron chi connectivity index (χ2n) is 2.49. The minimum Gasteiger partial charge on any atom is -0.390 e. The number of aliphatic hydroxyl groups excluding tert-OH is 1. The lowest BCUT2D eigenvalue weighted by Crippen LogP contribution is -2.09. The van der Waals surface area contributed by atoms with Crippen LogP contribution in [0.5, 0.6) is 0 Å². The molecule has 0 atom stereocenters. The SMILES string of the molecule is N#Cc1cnc(CO)cc1C(F)(F)F. The Morgan fingerprint density at radius 3 is 2.57 bits per heavy atom. The number of halogens is 3. The van der Waals surface area contributed by atoms with E-state index in [0.29, 0.717) is 6.07 Å². The Labute approximate surface area is 77.4 Å². The summed E-state index contributed by atoms with van der Waals surface area (Å²) in [6.45, 7) is -0.589. The van der Waals surface area contributed by atoms with Gasteiger partial charge in [0, 0.05) is 6.20 Å². The highest BCUT2D eigenvalue weighted by atomic mass is 19.4. The zero-order valence-corrected chi connectivity index (χ0v) is 6.84. The van der Waals surface area contributed by atoms with Gasteiger partial charge in [-0.3, -0.25) is 4.98 Å². The maximum atomic E-state index is 12.3. The van der Waals surface area contributed by atoms with Crippen molar-refractivity contribution in [2.24, 2.45) is 0 Å². The van der Waals surface area contributed by atoms with Crippen molar-refractivity contribution in [1.29, 1.82) is 5.26 Å². The van der Waals surface area contributed by atoms with Crippen LogP contribution in [-0.4, -0.2) is 10.1 Å². The van der Waals surface area contributed by atoms with E-state index in [9.17, 15) is 13.2 Å². The van der Waals surface area contributed by atoms with E-state index >= 15 is 0 Å². The fraction of sp³-hybridized carbons (Fsp3) is 0.250. The summed E-state index contributed by atoms with van der Waals surface area (Å²) in [6, 6.07) is 2.05. The minimum atomic E-state index is -4.60. The molecule has 1 rings (SSSR count). The van der Waals surface area contributed by atoms with E-state index in [1.807, 2.05) is 0 Å². The normalized spacial score (nSPS) is 11.1. The van der Waals surface area contributed by atoms with Gasteiger partial charge in [0.15, 0.2) is 0 Å². The number of nitriles is 1. The molecule has 0 fully saturated rings. The molecule has 0 aliphatic heterocycles. The Morgan fingerprint density at radius 1 is 1.50 bits per heavy atom. The van der Waals surface area contributed by atoms with Gasteiger partial charge in [0.05, 0.1) is 23.4 Å². The van der Waals surface area contributed by atoms with Gasteiger partial charge < -0.3 is 5.11 Å². The number of nitrogens with zero attached hydrogens (tertiary/aromatic N) is 2. The number of aromatic nitrogens is 1. The van der Waals surface area contributed by atoms with Gasteiger partial charge in [0.25, 0.3) is 0 Å². The van der Waals surface area contributed by atoms with Crippen LogP contribution < -0.4 is 0 Å². The number of pyridine rings is 1. The van der Waals surface area contributed by atoms with E-state index in [1.54, 1.807) is 0 Å². The van der Waals surface area contributed by atoms with Gasteiger partial charge >= 0.3 is 6.18 Å². The molecular formula is C8H5F3N2O. The van der Waals surface area contributed by atoms with Crippen molar-refractivity contribution in [1.82, 2.24) is 4.98 Å². The molecule has 0 saturated heterocycles. The Hall–Kier alpha value is -1.61. The van der Waals surface area contributed by atoms with Crippen LogP contribution in [0.3, 0.4) is 0 Å². The Morgan fingerprint density at radius 2 is 2.14 bits per heavy atom. The molecule has 74 valence electrons. The summed E-state index contributed by atoms with van der Waals surface area (Å²) in [7, 11) is 0. The molecule has 1 N–H and O–H groups in total. The molecule has 0 bridgehead atoms. The van der Waals surface area contributed by atoms with E-state index in [2.05, 4.69) is 4.98 Å². The molecule has 14 heavy (non-hydrogen) atoms. The van der Waals surface area contributed by atoms with Gasteiger partial charge in [-0.15, -0.1) is 0 Å². The zero-order valence-electron chi connectivity index (χ0n) is 6.84. The van der Waals surface area contributed by atoms with Crippen molar-refractivity contribution in [3.8, 4) is 6.07 Å². The molecule has 0 spiro atoms. The standard InChI is InChI=1S/C8H5F3N2O/c9-8(10,11)7-1-6(4-14)13-3-5(7)2-12/h1,3,14H,4H2. The molecule has 0 aromatic carbocycles. The van der Waals surface area contributed by atoms with E-state index in [4.69, 9.17) is 10.4 Å². The van der Waals surface area contributed by atoms with Crippen LogP contribution >= 0.6 is 0 Å². The third-order valence-corrected chi connectivity index (χ3v) is 1.55. The van der Waals surface area contributed by atoms with Gasteiger partial charge in [-0.25, -0.2) is 0 Å². The fourth-order valence-corrected chi connectivity index (χ4v) is 0.909. The highest BCUT2D eigenvalue weighted by Gasteiger charge is 2.34. The smallest absolute Gasteiger partial charge is 0.390 e. The van der Waals surface area contributed by atoms with Crippen LogP contribution in [0, 0.1) is 11.3 Å². The van der Waals surface area contributed by atoms with Crippen LogP contribution in [0.15, 0.2) is 12.3 Å². The van der Waals surface area contributed by atoms with Gasteiger partial charge in [-0.2, -0.15) is 18.4 Å². The third kappa shape index (κ3) is 2.00. The summed E-state index contributed by atoms with van der Waals surface area (Å²) in [5, 5.41) is 17.0. The molecule has 6 heteroatoms. The van der Waals surface area contributed by atoms with Crippen molar-refractivity contribution >= 4 is 0 Å². The molecule has 0 unspecified atom stereocenters. The Bertz CT molecular complexity index is 381. The van der Waals surface area contributed by atoms with Crippen molar-refractivity contribution in [2.75, 3.05) is 0 Å². The average Bonchev–Trinajstić information content (AvgIpc) is 2.15. The first-order chi connectivity index (χ1) is 6.49. The predicted molar refractivity (Wildman–Crippen MR) is 39.9 cm³/mol. The molecule has 0 aliphatic rings. The Balaban J connectivity index is 3.31. The summed E-state index contributed by atoms with van der Waals surface area (Å²) < 4.78 is 36.9. The first-order valence-corrected chi connectivity index (χ1v) is 3.56. The van der Waals surface area contributed by atoms with Crippen molar-refractivity contribution in [2.45, 2.75) is 12.8 Å². The van der Waals surface area contributed by atoms with E-state index < -0.39 is 23.9 Å². The van der Waals surface area contributed by atoms with Crippen molar-refractivity contribution in [3.05, 3.63) is 29.1 Å². The fourth-order valence-electron chi connectivity index (χ4n) is 0.909. The van der Waals surface area contributed by atoms with Crippen LogP contribution in [0.25, 0.3) is 0 Å². The van der Waals surface area contributed by atoms with E-state index in [0.717, 1.165) is 6.20 Å². The van der Waals surface area contributed by atoms with Crippen LogP contribution in [0.1, 0.15) is 16.8 Å². The predicted octanol–water partition coefficient (Wildman–Crippen LogP) is 1.46. The molecule has 1 aromatic heterocycles. The number of rotatable bonds is 1. The van der Waals surface area contributed by atoms with Crippen LogP contribution in [0.4, 0.5) is 13.2 Å². The first-order valence-electron chi connectivity index (χ1n) is 3.56. The van der Waals surface area contributed by atoms with E-state index in [1.165, 1.54) is 6.07 Å². The summed E-state index contributed by atoms with van der Waals surface area (Å²) in [6.07, 6.45) is -3.80. The molecular weight excluding hydrogens is 197 g/mol. The molecule has 0 radical (unpaired) electrons. The van der Waals surface area contributed by atoms with Gasteiger partial charge in [0.1, 0.15) is 6.07 Å². The highest BCUT2D eigenvalue weighted by Crippen LogP contribution is 2.31. The van der Waals surface area contributed by atoms with Crippen LogP contribution in [0.2, 0.25) is 0 Å². The summed E-state index contributed by atoms with van der Waals surface area (Å²) in [5.41, 5.74) is -1.73. The largest absolute Gasteiger partial charge is 0.417 e. The minimum absolute atomic E-state index is 0.115. The zero-order chi connectivity index (χ0) is 10.8. The third-order valence-electron chi connectivity index (χ3n) is 1.55. The number of hydrogen-bond donors (Lipinski definition) is 1. The monoisotopic (exact) mass is 202 g/mol. The van der Waals surface area contributed by atoms with Crippen molar-refractivity contribution < 1.29 is 18.3 Å². The average molecular weight is 202 g/mol. The second-order valence-corrected chi connectivity index (χ2v) is 2.49. The van der Waals surface area contributed by atoms with Gasteiger partial charge in [0.2, 0.25) is 0 Å². The number of hydrogen-bond acceptors (Lipinski definition) is 3. The molecule has 3 nitrogen and oxygen atoms in total. The summed E-state index contributed by atoms with van der Waals surface area (Å²) in [5.74, 6) is 0. The quantitative estimate of drug-likeness (QED) is 0.750. The van der Waals surface area contributed by atoms with E-state index in [-0.39, 0.29) is 5.69 Å². The first kappa shape index (κ1) is 10.5.